The van der Waals surface area contributed by atoms with Crippen LogP contribution in [-0.4, -0.2) is 46.8 Å². The summed E-state index contributed by atoms with van der Waals surface area (Å²) in [6.45, 7) is -0.325. The largest absolute Gasteiger partial charge is 0.415 e. The summed E-state index contributed by atoms with van der Waals surface area (Å²) in [5.74, 6) is 0.610. The first-order chi connectivity index (χ1) is 14.6. The number of aliphatic hydroxyl groups excluding tert-OH is 1. The summed E-state index contributed by atoms with van der Waals surface area (Å²) < 4.78 is 32.3. The zero-order chi connectivity index (χ0) is 21.0. The summed E-state index contributed by atoms with van der Waals surface area (Å²) in [6, 6.07) is 15.6. The Labute approximate surface area is 172 Å². The van der Waals surface area contributed by atoms with E-state index < -0.39 is 10.0 Å². The van der Waals surface area contributed by atoms with Crippen molar-refractivity contribution in [3.8, 4) is 34.3 Å². The molecule has 2 heterocycles. The molecule has 9 nitrogen and oxygen atoms in total. The van der Waals surface area contributed by atoms with Gasteiger partial charge < -0.3 is 9.52 Å². The molecule has 0 aliphatic rings. The van der Waals surface area contributed by atoms with Gasteiger partial charge in [-0.25, -0.2) is 18.1 Å². The van der Waals surface area contributed by atoms with E-state index in [1.165, 1.54) is 18.3 Å². The Bertz CT molecular complexity index is 1240. The monoisotopic (exact) mass is 423 g/mol. The van der Waals surface area contributed by atoms with Crippen molar-refractivity contribution < 1.29 is 17.9 Å². The molecule has 0 fully saturated rings. The topological polar surface area (TPSA) is 131 Å². The van der Waals surface area contributed by atoms with E-state index in [1.807, 2.05) is 30.3 Å². The van der Waals surface area contributed by atoms with Gasteiger partial charge in [0, 0.05) is 17.7 Å². The molecule has 0 amide bonds. The molecule has 0 saturated carbocycles. The van der Waals surface area contributed by atoms with Crippen molar-refractivity contribution in [2.75, 3.05) is 13.2 Å². The zero-order valence-corrected chi connectivity index (χ0v) is 16.5. The predicted molar refractivity (Wildman–Crippen MR) is 108 cm³/mol. The molecule has 0 aliphatic carbocycles. The average molecular weight is 423 g/mol. The van der Waals surface area contributed by atoms with Crippen LogP contribution in [0, 0.1) is 0 Å². The molecule has 4 aromatic rings. The van der Waals surface area contributed by atoms with Gasteiger partial charge in [0.1, 0.15) is 5.69 Å². The van der Waals surface area contributed by atoms with E-state index in [9.17, 15) is 8.42 Å². The Balaban J connectivity index is 1.59. The van der Waals surface area contributed by atoms with Crippen LogP contribution in [0.3, 0.4) is 0 Å². The van der Waals surface area contributed by atoms with Gasteiger partial charge in [-0.05, 0) is 24.3 Å². The highest BCUT2D eigenvalue weighted by Gasteiger charge is 2.15. The van der Waals surface area contributed by atoms with Gasteiger partial charge >= 0.3 is 0 Å². The predicted octanol–water partition coefficient (Wildman–Crippen LogP) is 2.13. The van der Waals surface area contributed by atoms with E-state index in [0.29, 0.717) is 22.8 Å². The lowest BCUT2D eigenvalue weighted by atomic mass is 10.1. The summed E-state index contributed by atoms with van der Waals surface area (Å²) >= 11 is 0. The molecule has 0 spiro atoms. The number of nitrogens with zero attached hydrogens (tertiary/aromatic N) is 4. The number of sulfonamides is 1. The third-order valence-electron chi connectivity index (χ3n) is 4.16. The Morgan fingerprint density at radius 2 is 1.57 bits per heavy atom. The summed E-state index contributed by atoms with van der Waals surface area (Å²) in [7, 11) is -3.68. The fraction of sp³-hybridized carbons (Fsp3) is 0.100. The average Bonchev–Trinajstić information content (AvgIpc) is 3.29. The van der Waals surface area contributed by atoms with Gasteiger partial charge in [0.05, 0.1) is 29.6 Å². The molecule has 2 aromatic carbocycles. The summed E-state index contributed by atoms with van der Waals surface area (Å²) in [5, 5.41) is 16.9. The number of nitrogens with one attached hydrogen (secondary N) is 1. The number of rotatable bonds is 7. The van der Waals surface area contributed by atoms with Gasteiger partial charge in [0.25, 0.3) is 5.89 Å². The smallest absolute Gasteiger partial charge is 0.268 e. The number of hydrogen-bond donors (Lipinski definition) is 2. The van der Waals surface area contributed by atoms with Gasteiger partial charge in [-0.3, -0.25) is 4.98 Å². The van der Waals surface area contributed by atoms with E-state index in [-0.39, 0.29) is 23.9 Å². The lowest BCUT2D eigenvalue weighted by Gasteiger charge is -2.06. The summed E-state index contributed by atoms with van der Waals surface area (Å²) in [6.07, 6.45) is 3.08. The minimum absolute atomic E-state index is 0.0489. The molecular formula is C20H17N5O4S. The first kappa shape index (κ1) is 19.8. The van der Waals surface area contributed by atoms with Crippen molar-refractivity contribution in [2.45, 2.75) is 4.90 Å². The van der Waals surface area contributed by atoms with Crippen LogP contribution in [0.15, 0.2) is 76.3 Å². The van der Waals surface area contributed by atoms with E-state index >= 15 is 0 Å². The van der Waals surface area contributed by atoms with E-state index in [2.05, 4.69) is 24.9 Å². The third-order valence-corrected chi connectivity index (χ3v) is 5.64. The number of aliphatic hydroxyl groups is 1. The first-order valence-electron chi connectivity index (χ1n) is 8.99. The molecule has 152 valence electrons. The third kappa shape index (κ3) is 4.25. The maximum atomic E-state index is 12.1. The van der Waals surface area contributed by atoms with Crippen LogP contribution in [0.4, 0.5) is 0 Å². The fourth-order valence-electron chi connectivity index (χ4n) is 2.70. The second kappa shape index (κ2) is 8.49. The Kier molecular flexibility index (Phi) is 5.61. The van der Waals surface area contributed by atoms with Gasteiger partial charge in [-0.2, -0.15) is 0 Å². The Morgan fingerprint density at radius 1 is 0.867 bits per heavy atom. The maximum Gasteiger partial charge on any atom is 0.268 e. The lowest BCUT2D eigenvalue weighted by Crippen LogP contribution is -2.26. The fourth-order valence-corrected chi connectivity index (χ4v) is 3.72. The molecule has 0 saturated heterocycles. The summed E-state index contributed by atoms with van der Waals surface area (Å²) in [5.41, 5.74) is 2.41. The van der Waals surface area contributed by atoms with Crippen LogP contribution in [0.25, 0.3) is 34.3 Å². The summed E-state index contributed by atoms with van der Waals surface area (Å²) in [4.78, 5) is 8.78. The lowest BCUT2D eigenvalue weighted by molar-refractivity contribution is 0.301. The Morgan fingerprint density at radius 3 is 2.30 bits per heavy atom. The molecule has 4 rings (SSSR count). The van der Waals surface area contributed by atoms with E-state index in [1.54, 1.807) is 18.3 Å². The molecule has 0 bridgehead atoms. The number of aromatic nitrogens is 4. The quantitative estimate of drug-likeness (QED) is 0.462. The SMILES string of the molecule is O=S(=O)(NCCO)c1ccc(-c2cncc(-c3nnc(-c4ccccc4)o3)n2)cc1. The zero-order valence-electron chi connectivity index (χ0n) is 15.6. The highest BCUT2D eigenvalue weighted by Crippen LogP contribution is 2.25. The minimum Gasteiger partial charge on any atom is -0.415 e. The number of benzene rings is 2. The molecule has 0 unspecified atom stereocenters. The highest BCUT2D eigenvalue weighted by molar-refractivity contribution is 7.89. The van der Waals surface area contributed by atoms with Crippen LogP contribution in [0.2, 0.25) is 0 Å². The van der Waals surface area contributed by atoms with Crippen LogP contribution >= 0.6 is 0 Å². The molecule has 0 atom stereocenters. The maximum absolute atomic E-state index is 12.1. The van der Waals surface area contributed by atoms with E-state index in [0.717, 1.165) is 5.56 Å². The van der Waals surface area contributed by atoms with Crippen molar-refractivity contribution in [1.29, 1.82) is 0 Å². The van der Waals surface area contributed by atoms with Gasteiger partial charge in [-0.1, -0.05) is 30.3 Å². The van der Waals surface area contributed by atoms with Gasteiger partial charge in [0.15, 0.2) is 0 Å². The number of hydrogen-bond acceptors (Lipinski definition) is 8. The van der Waals surface area contributed by atoms with Gasteiger partial charge in [-0.15, -0.1) is 10.2 Å². The highest BCUT2D eigenvalue weighted by atomic mass is 32.2. The van der Waals surface area contributed by atoms with Crippen LogP contribution in [0.5, 0.6) is 0 Å². The first-order valence-corrected chi connectivity index (χ1v) is 10.5. The van der Waals surface area contributed by atoms with Crippen molar-refractivity contribution in [3.63, 3.8) is 0 Å². The van der Waals surface area contributed by atoms with Crippen LogP contribution < -0.4 is 4.72 Å². The molecule has 0 radical (unpaired) electrons. The normalized spacial score (nSPS) is 11.5. The van der Waals surface area contributed by atoms with Crippen LogP contribution in [-0.2, 0) is 10.0 Å². The molecular weight excluding hydrogens is 406 g/mol. The minimum atomic E-state index is -3.68. The second-order valence-electron chi connectivity index (χ2n) is 6.21. The molecule has 2 aromatic heterocycles. The molecule has 10 heteroatoms. The van der Waals surface area contributed by atoms with Crippen molar-refractivity contribution in [3.05, 3.63) is 67.0 Å². The molecule has 2 N–H and O–H groups in total. The molecule has 30 heavy (non-hydrogen) atoms. The van der Waals surface area contributed by atoms with Crippen molar-refractivity contribution >= 4 is 10.0 Å². The van der Waals surface area contributed by atoms with Gasteiger partial charge in [0.2, 0.25) is 15.9 Å². The standard InChI is InChI=1S/C20H17N5O4S/c26-11-10-22-30(27,28)16-8-6-14(7-9-16)17-12-21-13-18(23-17)20-25-24-19(29-20)15-4-2-1-3-5-15/h1-9,12-13,22,26H,10-11H2. The molecule has 0 aliphatic heterocycles. The van der Waals surface area contributed by atoms with Crippen molar-refractivity contribution in [2.24, 2.45) is 0 Å². The van der Waals surface area contributed by atoms with Crippen molar-refractivity contribution in [1.82, 2.24) is 24.9 Å². The second-order valence-corrected chi connectivity index (χ2v) is 7.98. The van der Waals surface area contributed by atoms with Crippen LogP contribution in [0.1, 0.15) is 0 Å². The van der Waals surface area contributed by atoms with E-state index in [4.69, 9.17) is 9.52 Å². The Hall–Kier alpha value is -3.47.